The second-order valence-corrected chi connectivity index (χ2v) is 6.12. The molecule has 0 radical (unpaired) electrons. The summed E-state index contributed by atoms with van der Waals surface area (Å²) in [5.74, 6) is -0.0745. The summed E-state index contributed by atoms with van der Waals surface area (Å²) in [5, 5.41) is 10.6. The van der Waals surface area contributed by atoms with Crippen LogP contribution in [0.3, 0.4) is 0 Å². The molecule has 1 aromatic carbocycles. The smallest absolute Gasteiger partial charge is 0.277 e. The maximum Gasteiger partial charge on any atom is 0.277 e. The van der Waals surface area contributed by atoms with Gasteiger partial charge in [-0.15, -0.1) is 0 Å². The minimum atomic E-state index is -0.491. The number of halogens is 1. The lowest BCUT2D eigenvalue weighted by Gasteiger charge is -2.07. The van der Waals surface area contributed by atoms with Crippen molar-refractivity contribution in [3.05, 3.63) is 78.3 Å². The van der Waals surface area contributed by atoms with Gasteiger partial charge in [0.25, 0.3) is 5.91 Å². The van der Waals surface area contributed by atoms with Crippen molar-refractivity contribution in [1.82, 2.24) is 19.9 Å². The van der Waals surface area contributed by atoms with E-state index in [1.165, 1.54) is 18.3 Å². The Hall–Kier alpha value is -4.01. The highest BCUT2D eigenvalue weighted by atomic mass is 19.1. The summed E-state index contributed by atoms with van der Waals surface area (Å²) in [7, 11) is 1.58. The number of nitrogens with one attached hydrogen (secondary N) is 1. The third kappa shape index (κ3) is 3.98. The summed E-state index contributed by atoms with van der Waals surface area (Å²) in [4.78, 5) is 16.5. The van der Waals surface area contributed by atoms with Crippen molar-refractivity contribution < 1.29 is 18.4 Å². The Balaban J connectivity index is 1.45. The fourth-order valence-corrected chi connectivity index (χ4v) is 2.79. The zero-order valence-corrected chi connectivity index (χ0v) is 15.4. The summed E-state index contributed by atoms with van der Waals surface area (Å²) in [6.45, 7) is 0.425. The Morgan fingerprint density at radius 3 is 2.97 bits per heavy atom. The van der Waals surface area contributed by atoms with Gasteiger partial charge in [-0.05, 0) is 18.2 Å². The lowest BCUT2D eigenvalue weighted by molar-refractivity contribution is 0.101. The van der Waals surface area contributed by atoms with Gasteiger partial charge in [0.05, 0.1) is 31.1 Å². The second kappa shape index (κ2) is 7.93. The largest absolute Gasteiger partial charge is 0.496 e. The molecule has 0 aliphatic carbocycles. The molecule has 0 aliphatic heterocycles. The number of methoxy groups -OCH3 is 1. The summed E-state index contributed by atoms with van der Waals surface area (Å²) >= 11 is 0. The molecule has 3 heterocycles. The van der Waals surface area contributed by atoms with E-state index in [2.05, 4.69) is 20.6 Å². The maximum atomic E-state index is 13.9. The van der Waals surface area contributed by atoms with Gasteiger partial charge in [0, 0.05) is 30.2 Å². The molecule has 29 heavy (non-hydrogen) atoms. The van der Waals surface area contributed by atoms with Gasteiger partial charge in [0.2, 0.25) is 0 Å². The van der Waals surface area contributed by atoms with Crippen LogP contribution < -0.4 is 10.1 Å². The number of pyridine rings is 1. The third-order valence-electron chi connectivity index (χ3n) is 4.18. The van der Waals surface area contributed by atoms with E-state index in [0.717, 1.165) is 5.56 Å². The summed E-state index contributed by atoms with van der Waals surface area (Å²) in [5.41, 5.74) is 1.59. The first-order chi connectivity index (χ1) is 14.1. The first kappa shape index (κ1) is 18.4. The molecule has 4 aromatic rings. The second-order valence-electron chi connectivity index (χ2n) is 6.12. The van der Waals surface area contributed by atoms with Crippen molar-refractivity contribution in [3.63, 3.8) is 0 Å². The predicted molar refractivity (Wildman–Crippen MR) is 102 cm³/mol. The SMILES string of the molecule is COc1ccncc1Cn1cc(NC(=O)c2cc(-c3ccccc3F)on2)cn1. The molecule has 0 spiro atoms. The van der Waals surface area contributed by atoms with Crippen LogP contribution in [0, 0.1) is 5.82 Å². The van der Waals surface area contributed by atoms with Crippen LogP contribution in [0.25, 0.3) is 11.3 Å². The highest BCUT2D eigenvalue weighted by molar-refractivity contribution is 6.03. The fourth-order valence-electron chi connectivity index (χ4n) is 2.79. The average Bonchev–Trinajstić information content (AvgIpc) is 3.39. The number of carbonyl (C=O) groups is 1. The molecule has 146 valence electrons. The summed E-state index contributed by atoms with van der Waals surface area (Å²) in [6, 6.07) is 9.25. The van der Waals surface area contributed by atoms with Gasteiger partial charge in [-0.1, -0.05) is 17.3 Å². The number of amides is 1. The molecule has 1 N–H and O–H groups in total. The van der Waals surface area contributed by atoms with E-state index >= 15 is 0 Å². The molecule has 4 rings (SSSR count). The molecule has 0 fully saturated rings. The van der Waals surface area contributed by atoms with Crippen molar-refractivity contribution in [3.8, 4) is 17.1 Å². The van der Waals surface area contributed by atoms with E-state index in [1.54, 1.807) is 54.6 Å². The molecule has 3 aromatic heterocycles. The van der Waals surface area contributed by atoms with Crippen LogP contribution in [0.4, 0.5) is 10.1 Å². The van der Waals surface area contributed by atoms with Gasteiger partial charge in [-0.3, -0.25) is 14.5 Å². The van der Waals surface area contributed by atoms with Crippen LogP contribution in [0.1, 0.15) is 16.1 Å². The van der Waals surface area contributed by atoms with Crippen LogP contribution in [-0.2, 0) is 6.54 Å². The Kier molecular flexibility index (Phi) is 5.02. The zero-order chi connectivity index (χ0) is 20.2. The molecular formula is C20H16FN5O3. The molecule has 0 saturated heterocycles. The first-order valence-electron chi connectivity index (χ1n) is 8.66. The number of benzene rings is 1. The average molecular weight is 393 g/mol. The lowest BCUT2D eigenvalue weighted by atomic mass is 10.1. The van der Waals surface area contributed by atoms with E-state index in [-0.39, 0.29) is 17.0 Å². The van der Waals surface area contributed by atoms with Crippen molar-refractivity contribution in [1.29, 1.82) is 0 Å². The predicted octanol–water partition coefficient (Wildman–Crippen LogP) is 3.38. The van der Waals surface area contributed by atoms with Crippen molar-refractivity contribution >= 4 is 11.6 Å². The number of rotatable bonds is 6. The van der Waals surface area contributed by atoms with Crippen LogP contribution >= 0.6 is 0 Å². The molecule has 0 bridgehead atoms. The summed E-state index contributed by atoms with van der Waals surface area (Å²) in [6.07, 6.45) is 6.52. The molecule has 8 nitrogen and oxygen atoms in total. The van der Waals surface area contributed by atoms with Gasteiger partial charge >= 0.3 is 0 Å². The third-order valence-corrected chi connectivity index (χ3v) is 4.18. The fraction of sp³-hybridized carbons (Fsp3) is 0.100. The Labute approximate surface area is 164 Å². The van der Waals surface area contributed by atoms with Crippen molar-refractivity contribution in [2.75, 3.05) is 12.4 Å². The highest BCUT2D eigenvalue weighted by Gasteiger charge is 2.16. The minimum Gasteiger partial charge on any atom is -0.496 e. The van der Waals surface area contributed by atoms with E-state index in [1.807, 2.05) is 0 Å². The number of ether oxygens (including phenoxy) is 1. The topological polar surface area (TPSA) is 95.1 Å². The number of nitrogens with zero attached hydrogens (tertiary/aromatic N) is 4. The number of hydrogen-bond acceptors (Lipinski definition) is 6. The molecule has 1 amide bonds. The number of hydrogen-bond donors (Lipinski definition) is 1. The highest BCUT2D eigenvalue weighted by Crippen LogP contribution is 2.23. The number of aromatic nitrogens is 4. The van der Waals surface area contributed by atoms with Gasteiger partial charge in [-0.2, -0.15) is 5.10 Å². The Morgan fingerprint density at radius 2 is 2.14 bits per heavy atom. The number of carbonyl (C=O) groups excluding carboxylic acids is 1. The van der Waals surface area contributed by atoms with E-state index in [9.17, 15) is 9.18 Å². The molecule has 9 heteroatoms. The maximum absolute atomic E-state index is 13.9. The van der Waals surface area contributed by atoms with Gasteiger partial charge in [0.1, 0.15) is 11.6 Å². The minimum absolute atomic E-state index is 0.0323. The van der Waals surface area contributed by atoms with Crippen LogP contribution in [0.2, 0.25) is 0 Å². The van der Waals surface area contributed by atoms with E-state index < -0.39 is 11.7 Å². The van der Waals surface area contributed by atoms with Crippen molar-refractivity contribution in [2.45, 2.75) is 6.54 Å². The monoisotopic (exact) mass is 393 g/mol. The van der Waals surface area contributed by atoms with Gasteiger partial charge < -0.3 is 14.6 Å². The zero-order valence-electron chi connectivity index (χ0n) is 15.4. The molecule has 0 saturated carbocycles. The standard InChI is InChI=1S/C20H16FN5O3/c1-28-18-6-7-22-9-13(18)11-26-12-14(10-23-26)24-20(27)17-8-19(29-25-17)15-4-2-3-5-16(15)21/h2-10,12H,11H2,1H3,(H,24,27). The van der Waals surface area contributed by atoms with Crippen LogP contribution in [0.5, 0.6) is 5.75 Å². The van der Waals surface area contributed by atoms with E-state index in [0.29, 0.717) is 18.0 Å². The van der Waals surface area contributed by atoms with Gasteiger partial charge in [-0.25, -0.2) is 4.39 Å². The molecule has 0 aliphatic rings. The first-order valence-corrected chi connectivity index (χ1v) is 8.66. The van der Waals surface area contributed by atoms with E-state index in [4.69, 9.17) is 9.26 Å². The van der Waals surface area contributed by atoms with Crippen molar-refractivity contribution in [2.24, 2.45) is 0 Å². The molecule has 0 unspecified atom stereocenters. The lowest BCUT2D eigenvalue weighted by Crippen LogP contribution is -2.11. The molecule has 0 atom stereocenters. The quantitative estimate of drug-likeness (QED) is 0.540. The van der Waals surface area contributed by atoms with Gasteiger partial charge in [0.15, 0.2) is 11.5 Å². The molecular weight excluding hydrogens is 377 g/mol. The normalized spacial score (nSPS) is 10.7. The Bertz CT molecular complexity index is 1150. The number of anilines is 1. The Morgan fingerprint density at radius 1 is 1.28 bits per heavy atom. The van der Waals surface area contributed by atoms with Crippen LogP contribution in [-0.4, -0.2) is 32.9 Å². The summed E-state index contributed by atoms with van der Waals surface area (Å²) < 4.78 is 25.9. The van der Waals surface area contributed by atoms with Crippen LogP contribution in [0.15, 0.2) is 65.7 Å².